The summed E-state index contributed by atoms with van der Waals surface area (Å²) in [5.41, 5.74) is 6.57. The summed E-state index contributed by atoms with van der Waals surface area (Å²) in [6, 6.07) is 5.06. The Morgan fingerprint density at radius 1 is 1.25 bits per heavy atom. The van der Waals surface area contributed by atoms with Gasteiger partial charge in [-0.3, -0.25) is 19.4 Å². The Balaban J connectivity index is 1.54. The molecule has 0 aliphatic carbocycles. The number of fused-ring (bicyclic) bond motifs is 1. The SMILES string of the molecule is Nc1nc2c(c(=O)[nH]1)NC(CNc1ccc(C(=O)N[C@@H](CCC(=O)O)C(=O)O)cc1)CS2. The molecular weight excluding hydrogens is 440 g/mol. The molecule has 1 aromatic heterocycles. The number of thioether (sulfide) groups is 1. The Labute approximate surface area is 186 Å². The number of nitrogen functional groups attached to an aromatic ring is 1. The largest absolute Gasteiger partial charge is 0.481 e. The third kappa shape index (κ3) is 5.91. The molecule has 0 saturated carbocycles. The van der Waals surface area contributed by atoms with Crippen LogP contribution in [0.4, 0.5) is 17.3 Å². The number of hydrogen-bond acceptors (Lipinski definition) is 9. The molecule has 13 heteroatoms. The Morgan fingerprint density at radius 2 is 1.97 bits per heavy atom. The van der Waals surface area contributed by atoms with E-state index in [9.17, 15) is 19.2 Å². The first-order valence-corrected chi connectivity index (χ1v) is 10.6. The van der Waals surface area contributed by atoms with Gasteiger partial charge in [-0.25, -0.2) is 9.78 Å². The molecule has 170 valence electrons. The lowest BCUT2D eigenvalue weighted by molar-refractivity contribution is -0.140. The summed E-state index contributed by atoms with van der Waals surface area (Å²) < 4.78 is 0. The van der Waals surface area contributed by atoms with Crippen LogP contribution < -0.4 is 27.2 Å². The molecule has 1 amide bonds. The van der Waals surface area contributed by atoms with Gasteiger partial charge in [-0.1, -0.05) is 0 Å². The van der Waals surface area contributed by atoms with Crippen LogP contribution in [-0.4, -0.2) is 62.4 Å². The van der Waals surface area contributed by atoms with Crippen molar-refractivity contribution in [1.29, 1.82) is 0 Å². The highest BCUT2D eigenvalue weighted by atomic mass is 32.2. The van der Waals surface area contributed by atoms with Crippen molar-refractivity contribution < 1.29 is 24.6 Å². The monoisotopic (exact) mass is 462 g/mol. The first-order chi connectivity index (χ1) is 15.2. The molecule has 0 fully saturated rings. The second kappa shape index (κ2) is 10.0. The van der Waals surface area contributed by atoms with Crippen LogP contribution in [0, 0.1) is 0 Å². The lowest BCUT2D eigenvalue weighted by atomic mass is 10.1. The number of nitrogens with one attached hydrogen (secondary N) is 4. The number of hydrogen-bond donors (Lipinski definition) is 7. The van der Waals surface area contributed by atoms with Crippen molar-refractivity contribution in [1.82, 2.24) is 15.3 Å². The predicted octanol–water partition coefficient (Wildman–Crippen LogP) is 0.398. The molecule has 2 aromatic rings. The molecule has 32 heavy (non-hydrogen) atoms. The second-order valence-corrected chi connectivity index (χ2v) is 8.05. The van der Waals surface area contributed by atoms with Gasteiger partial charge in [0.05, 0.1) is 6.04 Å². The number of aliphatic carboxylic acids is 2. The van der Waals surface area contributed by atoms with Crippen LogP contribution >= 0.6 is 11.8 Å². The highest BCUT2D eigenvalue weighted by Gasteiger charge is 2.23. The zero-order chi connectivity index (χ0) is 23.3. The molecule has 8 N–H and O–H groups in total. The van der Waals surface area contributed by atoms with Gasteiger partial charge in [0.25, 0.3) is 11.5 Å². The van der Waals surface area contributed by atoms with Crippen LogP contribution in [-0.2, 0) is 9.59 Å². The number of carboxylic acids is 2. The predicted molar refractivity (Wildman–Crippen MR) is 118 cm³/mol. The van der Waals surface area contributed by atoms with Crippen LogP contribution in [0.25, 0.3) is 0 Å². The van der Waals surface area contributed by atoms with Gasteiger partial charge < -0.3 is 31.9 Å². The molecule has 1 aliphatic heterocycles. The average molecular weight is 462 g/mol. The highest BCUT2D eigenvalue weighted by Crippen LogP contribution is 2.28. The Bertz CT molecular complexity index is 1070. The molecular formula is C19H22N6O6S. The van der Waals surface area contributed by atoms with Crippen molar-refractivity contribution in [3.63, 3.8) is 0 Å². The maximum atomic E-state index is 12.3. The van der Waals surface area contributed by atoms with Gasteiger partial charge in [0.15, 0.2) is 0 Å². The number of nitrogens with zero attached hydrogens (tertiary/aromatic N) is 1. The molecule has 12 nitrogen and oxygen atoms in total. The van der Waals surface area contributed by atoms with Crippen molar-refractivity contribution in [2.45, 2.75) is 30.0 Å². The second-order valence-electron chi connectivity index (χ2n) is 7.04. The van der Waals surface area contributed by atoms with E-state index in [4.69, 9.17) is 15.9 Å². The third-order valence-electron chi connectivity index (χ3n) is 4.62. The number of amides is 1. The van der Waals surface area contributed by atoms with E-state index >= 15 is 0 Å². The lowest BCUT2D eigenvalue weighted by Gasteiger charge is -2.25. The zero-order valence-electron chi connectivity index (χ0n) is 16.8. The number of rotatable bonds is 9. The summed E-state index contributed by atoms with van der Waals surface area (Å²) in [7, 11) is 0. The quantitative estimate of drug-likeness (QED) is 0.254. The summed E-state index contributed by atoms with van der Waals surface area (Å²) in [5, 5.41) is 27.1. The van der Waals surface area contributed by atoms with Gasteiger partial charge in [-0.15, -0.1) is 11.8 Å². The fourth-order valence-corrected chi connectivity index (χ4v) is 4.00. The number of H-pyrrole nitrogens is 1. The first kappa shape index (κ1) is 22.9. The fraction of sp³-hybridized carbons (Fsp3) is 0.316. The molecule has 1 aliphatic rings. The summed E-state index contributed by atoms with van der Waals surface area (Å²) >= 11 is 1.43. The molecule has 2 heterocycles. The van der Waals surface area contributed by atoms with E-state index in [1.54, 1.807) is 12.1 Å². The normalized spacial score (nSPS) is 15.7. The maximum absolute atomic E-state index is 12.3. The van der Waals surface area contributed by atoms with Gasteiger partial charge in [-0.05, 0) is 30.7 Å². The lowest BCUT2D eigenvalue weighted by Crippen LogP contribution is -2.41. The topological polar surface area (TPSA) is 200 Å². The van der Waals surface area contributed by atoms with E-state index in [1.807, 2.05) is 0 Å². The third-order valence-corrected chi connectivity index (χ3v) is 5.76. The number of carboxylic acid groups (broad SMARTS) is 2. The summed E-state index contributed by atoms with van der Waals surface area (Å²) in [6.45, 7) is 0.498. The van der Waals surface area contributed by atoms with E-state index in [-0.39, 0.29) is 36.0 Å². The van der Waals surface area contributed by atoms with Gasteiger partial charge in [-0.2, -0.15) is 0 Å². The molecule has 0 radical (unpaired) electrons. The molecule has 1 aromatic carbocycles. The number of aromatic nitrogens is 2. The first-order valence-electron chi connectivity index (χ1n) is 9.61. The van der Waals surface area contributed by atoms with E-state index < -0.39 is 23.9 Å². The number of aromatic amines is 1. The minimum Gasteiger partial charge on any atom is -0.481 e. The summed E-state index contributed by atoms with van der Waals surface area (Å²) in [5.74, 6) is -2.31. The Hall–Kier alpha value is -3.74. The zero-order valence-corrected chi connectivity index (χ0v) is 17.6. The fourth-order valence-electron chi connectivity index (χ4n) is 2.98. The van der Waals surface area contributed by atoms with Crippen LogP contribution in [0.2, 0.25) is 0 Å². The van der Waals surface area contributed by atoms with E-state index in [0.717, 1.165) is 5.69 Å². The van der Waals surface area contributed by atoms with Crippen LogP contribution in [0.3, 0.4) is 0 Å². The molecule has 2 atom stereocenters. The average Bonchev–Trinajstić information content (AvgIpc) is 2.75. The molecule has 1 unspecified atom stereocenters. The maximum Gasteiger partial charge on any atom is 0.326 e. The van der Waals surface area contributed by atoms with Crippen LogP contribution in [0.15, 0.2) is 34.1 Å². The standard InChI is InChI=1S/C19H22N6O6S/c20-19-24-16(29)14-17(25-19)32-8-11(22-14)7-21-10-3-1-9(2-4-10)15(28)23-12(18(30)31)5-6-13(26)27/h1-4,11-12,21-22H,5-8H2,(H,23,28)(H,26,27)(H,30,31)(H3,20,24,25,29)/t11?,12-/m0/s1. The van der Waals surface area contributed by atoms with Crippen LogP contribution in [0.1, 0.15) is 23.2 Å². The van der Waals surface area contributed by atoms with E-state index in [0.29, 0.717) is 23.0 Å². The Morgan fingerprint density at radius 3 is 2.62 bits per heavy atom. The van der Waals surface area contributed by atoms with E-state index in [2.05, 4.69) is 25.9 Å². The smallest absolute Gasteiger partial charge is 0.326 e. The van der Waals surface area contributed by atoms with Gasteiger partial charge in [0.1, 0.15) is 16.8 Å². The number of carbonyl (C=O) groups excluding carboxylic acids is 1. The number of carbonyl (C=O) groups is 3. The molecule has 3 rings (SSSR count). The highest BCUT2D eigenvalue weighted by molar-refractivity contribution is 7.99. The summed E-state index contributed by atoms with van der Waals surface area (Å²) in [4.78, 5) is 52.7. The van der Waals surface area contributed by atoms with E-state index in [1.165, 1.54) is 23.9 Å². The van der Waals surface area contributed by atoms with Gasteiger partial charge in [0, 0.05) is 30.0 Å². The van der Waals surface area contributed by atoms with Crippen molar-refractivity contribution in [3.05, 3.63) is 40.2 Å². The molecule has 0 spiro atoms. The Kier molecular flexibility index (Phi) is 7.20. The van der Waals surface area contributed by atoms with Gasteiger partial charge in [0.2, 0.25) is 5.95 Å². The van der Waals surface area contributed by atoms with Crippen molar-refractivity contribution in [2.75, 3.05) is 28.7 Å². The minimum absolute atomic E-state index is 0.0486. The number of benzene rings is 1. The molecule has 0 saturated heterocycles. The van der Waals surface area contributed by atoms with Crippen LogP contribution in [0.5, 0.6) is 0 Å². The van der Waals surface area contributed by atoms with Crippen molar-refractivity contribution in [2.24, 2.45) is 0 Å². The molecule has 0 bridgehead atoms. The number of anilines is 3. The van der Waals surface area contributed by atoms with Crippen molar-refractivity contribution in [3.8, 4) is 0 Å². The van der Waals surface area contributed by atoms with Crippen molar-refractivity contribution >= 4 is 46.9 Å². The summed E-state index contributed by atoms with van der Waals surface area (Å²) in [6.07, 6.45) is -0.579. The van der Waals surface area contributed by atoms with Gasteiger partial charge >= 0.3 is 11.9 Å². The minimum atomic E-state index is -1.30. The number of nitrogens with two attached hydrogens (primary N) is 1.